The largest absolute Gasteiger partial charge is 0.391 e. The van der Waals surface area contributed by atoms with Gasteiger partial charge < -0.3 is 5.11 Å². The van der Waals surface area contributed by atoms with Gasteiger partial charge in [0.2, 0.25) is 0 Å². The molecular formula is C20H20N2O2. The third-order valence-corrected chi connectivity index (χ3v) is 3.98. The molecule has 0 unspecified atom stereocenters. The SMILES string of the molecule is CC[C@H](O)Cn1nc(-c2ccccc2)c(-c2ccccc2)cc1=O. The third kappa shape index (κ3) is 3.44. The van der Waals surface area contributed by atoms with Crippen molar-refractivity contribution < 1.29 is 5.11 Å². The van der Waals surface area contributed by atoms with Gasteiger partial charge in [-0.25, -0.2) is 4.68 Å². The maximum atomic E-state index is 12.4. The van der Waals surface area contributed by atoms with Gasteiger partial charge in [0.15, 0.2) is 0 Å². The molecule has 0 aliphatic rings. The van der Waals surface area contributed by atoms with E-state index in [9.17, 15) is 9.90 Å². The van der Waals surface area contributed by atoms with Gasteiger partial charge in [-0.1, -0.05) is 67.6 Å². The lowest BCUT2D eigenvalue weighted by Gasteiger charge is -2.14. The van der Waals surface area contributed by atoms with Crippen molar-refractivity contribution in [1.29, 1.82) is 0 Å². The molecule has 4 nitrogen and oxygen atoms in total. The maximum absolute atomic E-state index is 12.4. The normalized spacial score (nSPS) is 12.1. The van der Waals surface area contributed by atoms with Crippen molar-refractivity contribution in [1.82, 2.24) is 9.78 Å². The van der Waals surface area contributed by atoms with Crippen LogP contribution in [0.25, 0.3) is 22.4 Å². The zero-order valence-electron chi connectivity index (χ0n) is 13.6. The molecule has 0 fully saturated rings. The van der Waals surface area contributed by atoms with Gasteiger partial charge in [0.05, 0.1) is 18.3 Å². The Morgan fingerprint density at radius 3 is 2.17 bits per heavy atom. The summed E-state index contributed by atoms with van der Waals surface area (Å²) in [6, 6.07) is 21.1. The molecule has 122 valence electrons. The highest BCUT2D eigenvalue weighted by atomic mass is 16.3. The molecule has 2 aromatic carbocycles. The van der Waals surface area contributed by atoms with Crippen LogP contribution in [0.5, 0.6) is 0 Å². The van der Waals surface area contributed by atoms with E-state index >= 15 is 0 Å². The molecule has 0 aliphatic carbocycles. The smallest absolute Gasteiger partial charge is 0.267 e. The Balaban J connectivity index is 2.18. The summed E-state index contributed by atoms with van der Waals surface area (Å²) in [5.74, 6) is 0. The fourth-order valence-electron chi connectivity index (χ4n) is 2.60. The molecular weight excluding hydrogens is 300 g/mol. The molecule has 4 heteroatoms. The topological polar surface area (TPSA) is 55.1 Å². The van der Waals surface area contributed by atoms with Gasteiger partial charge in [-0.3, -0.25) is 4.79 Å². The Morgan fingerprint density at radius 1 is 1.00 bits per heavy atom. The van der Waals surface area contributed by atoms with Gasteiger partial charge >= 0.3 is 0 Å². The van der Waals surface area contributed by atoms with Crippen LogP contribution in [0, 0.1) is 0 Å². The summed E-state index contributed by atoms with van der Waals surface area (Å²) in [5.41, 5.74) is 3.22. The average Bonchev–Trinajstić information content (AvgIpc) is 2.64. The lowest BCUT2D eigenvalue weighted by atomic mass is 10.0. The molecule has 0 aliphatic heterocycles. The number of aliphatic hydroxyl groups excluding tert-OH is 1. The summed E-state index contributed by atoms with van der Waals surface area (Å²) >= 11 is 0. The van der Waals surface area contributed by atoms with Crippen LogP contribution >= 0.6 is 0 Å². The third-order valence-electron chi connectivity index (χ3n) is 3.98. The lowest BCUT2D eigenvalue weighted by Crippen LogP contribution is -2.28. The molecule has 0 saturated carbocycles. The zero-order chi connectivity index (χ0) is 16.9. The van der Waals surface area contributed by atoms with Crippen LogP contribution in [0.4, 0.5) is 0 Å². The van der Waals surface area contributed by atoms with E-state index in [0.717, 1.165) is 22.4 Å². The molecule has 1 aromatic heterocycles. The van der Waals surface area contributed by atoms with E-state index in [2.05, 4.69) is 5.10 Å². The molecule has 1 atom stereocenters. The minimum absolute atomic E-state index is 0.199. The number of hydrogen-bond donors (Lipinski definition) is 1. The zero-order valence-corrected chi connectivity index (χ0v) is 13.6. The maximum Gasteiger partial charge on any atom is 0.267 e. The first-order chi connectivity index (χ1) is 11.7. The van der Waals surface area contributed by atoms with E-state index in [-0.39, 0.29) is 12.1 Å². The molecule has 0 radical (unpaired) electrons. The van der Waals surface area contributed by atoms with Crippen molar-refractivity contribution in [3.63, 3.8) is 0 Å². The minimum Gasteiger partial charge on any atom is -0.391 e. The molecule has 0 amide bonds. The van der Waals surface area contributed by atoms with Crippen molar-refractivity contribution in [3.8, 4) is 22.4 Å². The van der Waals surface area contributed by atoms with E-state index in [1.165, 1.54) is 4.68 Å². The summed E-state index contributed by atoms with van der Waals surface area (Å²) < 4.78 is 1.35. The Hall–Kier alpha value is -2.72. The number of aromatic nitrogens is 2. The predicted octanol–water partition coefficient (Wildman–Crippen LogP) is 3.35. The molecule has 1 N–H and O–H groups in total. The number of hydrogen-bond acceptors (Lipinski definition) is 3. The summed E-state index contributed by atoms with van der Waals surface area (Å²) in [6.07, 6.45) is -0.00344. The second-order valence-corrected chi connectivity index (χ2v) is 5.72. The monoisotopic (exact) mass is 320 g/mol. The molecule has 0 bridgehead atoms. The number of nitrogens with zero attached hydrogens (tertiary/aromatic N) is 2. The van der Waals surface area contributed by atoms with E-state index in [4.69, 9.17) is 0 Å². The molecule has 3 aromatic rings. The van der Waals surface area contributed by atoms with Crippen LogP contribution in [0.15, 0.2) is 71.5 Å². The summed E-state index contributed by atoms with van der Waals surface area (Å²) in [6.45, 7) is 2.08. The highest BCUT2D eigenvalue weighted by Crippen LogP contribution is 2.28. The van der Waals surface area contributed by atoms with Crippen LogP contribution in [0.1, 0.15) is 13.3 Å². The fourth-order valence-corrected chi connectivity index (χ4v) is 2.60. The second-order valence-electron chi connectivity index (χ2n) is 5.72. The van der Waals surface area contributed by atoms with Crippen LogP contribution < -0.4 is 5.56 Å². The highest BCUT2D eigenvalue weighted by Gasteiger charge is 2.14. The summed E-state index contributed by atoms with van der Waals surface area (Å²) in [7, 11) is 0. The molecule has 1 heterocycles. The van der Waals surface area contributed by atoms with Crippen LogP contribution in [-0.2, 0) is 6.54 Å². The first kappa shape index (κ1) is 16.1. The van der Waals surface area contributed by atoms with Crippen molar-refractivity contribution in [2.45, 2.75) is 26.0 Å². The number of rotatable bonds is 5. The first-order valence-corrected chi connectivity index (χ1v) is 8.10. The van der Waals surface area contributed by atoms with Gasteiger partial charge in [0, 0.05) is 17.2 Å². The van der Waals surface area contributed by atoms with Gasteiger partial charge in [-0.05, 0) is 12.0 Å². The van der Waals surface area contributed by atoms with Gasteiger partial charge in [-0.2, -0.15) is 5.10 Å². The van der Waals surface area contributed by atoms with Gasteiger partial charge in [0.25, 0.3) is 5.56 Å². The lowest BCUT2D eigenvalue weighted by molar-refractivity contribution is 0.143. The Labute approximate surface area is 141 Å². The number of benzene rings is 2. The molecule has 24 heavy (non-hydrogen) atoms. The van der Waals surface area contributed by atoms with Crippen LogP contribution in [0.3, 0.4) is 0 Å². The minimum atomic E-state index is -0.582. The average molecular weight is 320 g/mol. The van der Waals surface area contributed by atoms with Gasteiger partial charge in [-0.15, -0.1) is 0 Å². The Morgan fingerprint density at radius 2 is 1.58 bits per heavy atom. The van der Waals surface area contributed by atoms with Crippen LogP contribution in [-0.4, -0.2) is 21.0 Å². The Kier molecular flexibility index (Phi) is 4.87. The second kappa shape index (κ2) is 7.23. The van der Waals surface area contributed by atoms with Crippen molar-refractivity contribution >= 4 is 0 Å². The summed E-state index contributed by atoms with van der Waals surface area (Å²) in [4.78, 5) is 12.4. The van der Waals surface area contributed by atoms with E-state index in [0.29, 0.717) is 6.42 Å². The predicted molar refractivity (Wildman–Crippen MR) is 95.7 cm³/mol. The van der Waals surface area contributed by atoms with Crippen molar-refractivity contribution in [2.24, 2.45) is 0 Å². The van der Waals surface area contributed by atoms with Gasteiger partial charge in [0.1, 0.15) is 0 Å². The van der Waals surface area contributed by atoms with E-state index < -0.39 is 6.10 Å². The Bertz CT molecular complexity index is 858. The first-order valence-electron chi connectivity index (χ1n) is 8.10. The highest BCUT2D eigenvalue weighted by molar-refractivity contribution is 5.80. The van der Waals surface area contributed by atoms with E-state index in [1.54, 1.807) is 6.07 Å². The van der Waals surface area contributed by atoms with Crippen molar-refractivity contribution in [3.05, 3.63) is 77.1 Å². The van der Waals surface area contributed by atoms with Crippen molar-refractivity contribution in [2.75, 3.05) is 0 Å². The quantitative estimate of drug-likeness (QED) is 0.784. The summed E-state index contributed by atoms with van der Waals surface area (Å²) in [5, 5.41) is 14.4. The van der Waals surface area contributed by atoms with E-state index in [1.807, 2.05) is 67.6 Å². The molecule has 3 rings (SSSR count). The standard InChI is InChI=1S/C20H20N2O2/c1-2-17(23)14-22-19(24)13-18(15-9-5-3-6-10-15)20(21-22)16-11-7-4-8-12-16/h3-13,17,23H,2,14H2,1H3/t17-/m0/s1. The molecule has 0 spiro atoms. The molecule has 0 saturated heterocycles. The fraction of sp³-hybridized carbons (Fsp3) is 0.200. The number of aliphatic hydroxyl groups is 1. The van der Waals surface area contributed by atoms with Crippen LogP contribution in [0.2, 0.25) is 0 Å².